The van der Waals surface area contributed by atoms with Gasteiger partial charge in [0.25, 0.3) is 0 Å². The Hall–Kier alpha value is -0.0800. The largest absolute Gasteiger partial charge is 0.396 e. The van der Waals surface area contributed by atoms with Gasteiger partial charge in [-0.15, -0.1) is 0 Å². The van der Waals surface area contributed by atoms with Crippen LogP contribution in [0.5, 0.6) is 0 Å². The molecule has 2 N–H and O–H groups in total. The Morgan fingerprint density at radius 1 is 1.19 bits per heavy atom. The highest BCUT2D eigenvalue weighted by molar-refractivity contribution is 5.11. The number of hydrogen-bond donors (Lipinski definition) is 2. The number of hydrogen-bond acceptors (Lipinski definition) is 2. The Kier molecular flexibility index (Phi) is 2.56. The fraction of sp³-hybridized carbons (Fsp3) is 1.00. The third kappa shape index (κ3) is 1.62. The van der Waals surface area contributed by atoms with E-state index in [9.17, 15) is 5.11 Å². The minimum atomic E-state index is 0.391. The van der Waals surface area contributed by atoms with Gasteiger partial charge in [-0.3, -0.25) is 0 Å². The van der Waals surface area contributed by atoms with E-state index >= 15 is 0 Å². The van der Waals surface area contributed by atoms with Crippen LogP contribution in [0.25, 0.3) is 0 Å². The minimum Gasteiger partial charge on any atom is -0.396 e. The third-order valence-corrected chi connectivity index (χ3v) is 5.38. The molecule has 0 amide bonds. The molecule has 92 valence electrons. The molecule has 2 atom stereocenters. The average Bonchev–Trinajstić information content (AvgIpc) is 2.14. The summed E-state index contributed by atoms with van der Waals surface area (Å²) in [6.07, 6.45) is 9.47. The molecule has 0 radical (unpaired) electrons. The normalized spacial score (nSPS) is 49.9. The van der Waals surface area contributed by atoms with Gasteiger partial charge in [0, 0.05) is 12.1 Å². The van der Waals surface area contributed by atoms with Gasteiger partial charge >= 0.3 is 0 Å². The quantitative estimate of drug-likeness (QED) is 0.766. The Morgan fingerprint density at radius 2 is 1.88 bits per heavy atom. The molecule has 0 saturated heterocycles. The van der Waals surface area contributed by atoms with Crippen LogP contribution in [0.2, 0.25) is 0 Å². The summed E-state index contributed by atoms with van der Waals surface area (Å²) in [5.41, 5.74) is 0.953. The van der Waals surface area contributed by atoms with Crippen LogP contribution in [0.15, 0.2) is 0 Å². The van der Waals surface area contributed by atoms with E-state index in [4.69, 9.17) is 0 Å². The first-order valence-electron chi connectivity index (χ1n) is 7.05. The predicted octanol–water partition coefficient (Wildman–Crippen LogP) is 2.32. The van der Waals surface area contributed by atoms with Gasteiger partial charge in [-0.25, -0.2) is 0 Å². The molecule has 0 heterocycles. The van der Waals surface area contributed by atoms with E-state index in [-0.39, 0.29) is 0 Å². The Bertz CT molecular complexity index is 238. The van der Waals surface area contributed by atoms with Crippen molar-refractivity contribution in [1.82, 2.24) is 5.32 Å². The molecule has 4 fully saturated rings. The summed E-state index contributed by atoms with van der Waals surface area (Å²) < 4.78 is 0. The summed E-state index contributed by atoms with van der Waals surface area (Å²) in [4.78, 5) is 0. The SMILES string of the molecule is CCNC12CC3CC(CC(CCO)(C3)C1)C2. The Morgan fingerprint density at radius 3 is 2.44 bits per heavy atom. The molecule has 4 saturated carbocycles. The molecule has 16 heavy (non-hydrogen) atoms. The fourth-order valence-corrected chi connectivity index (χ4v) is 5.56. The predicted molar refractivity (Wildman–Crippen MR) is 65.2 cm³/mol. The second-order valence-electron chi connectivity index (χ2n) is 6.75. The summed E-state index contributed by atoms with van der Waals surface area (Å²) in [6, 6.07) is 0. The molecular weight excluding hydrogens is 198 g/mol. The summed E-state index contributed by atoms with van der Waals surface area (Å²) in [6.45, 7) is 3.73. The molecular formula is C14H25NO. The number of rotatable bonds is 4. The van der Waals surface area contributed by atoms with Crippen LogP contribution in [0.4, 0.5) is 0 Å². The summed E-state index contributed by atoms with van der Waals surface area (Å²) in [5, 5.41) is 13.1. The van der Waals surface area contributed by atoms with Crippen molar-refractivity contribution in [2.45, 2.75) is 57.4 Å². The van der Waals surface area contributed by atoms with Crippen molar-refractivity contribution in [2.75, 3.05) is 13.2 Å². The summed E-state index contributed by atoms with van der Waals surface area (Å²) >= 11 is 0. The van der Waals surface area contributed by atoms with E-state index in [1.165, 1.54) is 38.5 Å². The van der Waals surface area contributed by atoms with Crippen molar-refractivity contribution >= 4 is 0 Å². The van der Waals surface area contributed by atoms with E-state index in [0.29, 0.717) is 17.6 Å². The summed E-state index contributed by atoms with van der Waals surface area (Å²) in [5.74, 6) is 1.90. The van der Waals surface area contributed by atoms with Gasteiger partial charge < -0.3 is 10.4 Å². The lowest BCUT2D eigenvalue weighted by Crippen LogP contribution is -2.62. The second kappa shape index (κ2) is 3.71. The van der Waals surface area contributed by atoms with E-state index in [0.717, 1.165) is 24.8 Å². The number of nitrogens with one attached hydrogen (secondary N) is 1. The maximum absolute atomic E-state index is 9.32. The lowest BCUT2D eigenvalue weighted by Gasteiger charge is -2.62. The number of aliphatic hydroxyl groups is 1. The van der Waals surface area contributed by atoms with Crippen LogP contribution >= 0.6 is 0 Å². The van der Waals surface area contributed by atoms with Gasteiger partial charge in [0.2, 0.25) is 0 Å². The fourth-order valence-electron chi connectivity index (χ4n) is 5.56. The lowest BCUT2D eigenvalue weighted by atomic mass is 9.46. The van der Waals surface area contributed by atoms with Crippen LogP contribution in [0.3, 0.4) is 0 Å². The standard InChI is InChI=1S/C14H25NO/c1-2-15-14-8-11-5-12(9-14)7-13(6-11,10-14)3-4-16/h11-12,15-16H,2-10H2,1H3. The number of aliphatic hydroxyl groups excluding tert-OH is 1. The summed E-state index contributed by atoms with van der Waals surface area (Å²) in [7, 11) is 0. The van der Waals surface area contributed by atoms with Crippen molar-refractivity contribution in [1.29, 1.82) is 0 Å². The van der Waals surface area contributed by atoms with Crippen molar-refractivity contribution in [2.24, 2.45) is 17.3 Å². The van der Waals surface area contributed by atoms with E-state index in [1.807, 2.05) is 0 Å². The van der Waals surface area contributed by atoms with E-state index in [1.54, 1.807) is 0 Å². The molecule has 4 rings (SSSR count). The zero-order chi connectivity index (χ0) is 11.2. The molecule has 4 aliphatic rings. The topological polar surface area (TPSA) is 32.3 Å². The molecule has 0 aliphatic heterocycles. The highest BCUT2D eigenvalue weighted by Crippen LogP contribution is 2.62. The van der Waals surface area contributed by atoms with Crippen LogP contribution in [-0.4, -0.2) is 23.8 Å². The molecule has 4 bridgehead atoms. The van der Waals surface area contributed by atoms with Gasteiger partial charge in [-0.2, -0.15) is 0 Å². The Balaban J connectivity index is 1.85. The van der Waals surface area contributed by atoms with Crippen molar-refractivity contribution < 1.29 is 5.11 Å². The van der Waals surface area contributed by atoms with E-state index < -0.39 is 0 Å². The van der Waals surface area contributed by atoms with Gasteiger partial charge in [0.1, 0.15) is 0 Å². The molecule has 4 aliphatic carbocycles. The molecule has 0 aromatic rings. The van der Waals surface area contributed by atoms with Gasteiger partial charge in [-0.05, 0) is 68.7 Å². The maximum Gasteiger partial charge on any atom is 0.0436 e. The lowest BCUT2D eigenvalue weighted by molar-refractivity contribution is -0.0898. The maximum atomic E-state index is 9.32. The first-order valence-corrected chi connectivity index (χ1v) is 7.05. The molecule has 2 heteroatoms. The van der Waals surface area contributed by atoms with Gasteiger partial charge in [0.15, 0.2) is 0 Å². The van der Waals surface area contributed by atoms with Crippen LogP contribution < -0.4 is 5.32 Å². The Labute approximate surface area is 98.8 Å². The highest BCUT2D eigenvalue weighted by Gasteiger charge is 2.56. The zero-order valence-electron chi connectivity index (χ0n) is 10.5. The average molecular weight is 223 g/mol. The minimum absolute atomic E-state index is 0.391. The third-order valence-electron chi connectivity index (χ3n) is 5.38. The molecule has 0 aromatic heterocycles. The highest BCUT2D eigenvalue weighted by atomic mass is 16.3. The van der Waals surface area contributed by atoms with Gasteiger partial charge in [0.05, 0.1) is 0 Å². The molecule has 0 spiro atoms. The molecule has 2 unspecified atom stereocenters. The monoisotopic (exact) mass is 223 g/mol. The smallest absolute Gasteiger partial charge is 0.0436 e. The van der Waals surface area contributed by atoms with Gasteiger partial charge in [-0.1, -0.05) is 6.92 Å². The van der Waals surface area contributed by atoms with Crippen molar-refractivity contribution in [3.63, 3.8) is 0 Å². The second-order valence-corrected chi connectivity index (χ2v) is 6.75. The first kappa shape index (κ1) is 11.0. The first-order chi connectivity index (χ1) is 7.69. The molecule has 0 aromatic carbocycles. The van der Waals surface area contributed by atoms with E-state index in [2.05, 4.69) is 12.2 Å². The molecule has 2 nitrogen and oxygen atoms in total. The van der Waals surface area contributed by atoms with Crippen molar-refractivity contribution in [3.8, 4) is 0 Å². The zero-order valence-corrected chi connectivity index (χ0v) is 10.5. The van der Waals surface area contributed by atoms with Crippen molar-refractivity contribution in [3.05, 3.63) is 0 Å². The van der Waals surface area contributed by atoms with Crippen LogP contribution in [-0.2, 0) is 0 Å². The van der Waals surface area contributed by atoms with Crippen LogP contribution in [0, 0.1) is 17.3 Å². The van der Waals surface area contributed by atoms with Crippen LogP contribution in [0.1, 0.15) is 51.9 Å².